The average Bonchev–Trinajstić information content (AvgIpc) is 2.40. The van der Waals surface area contributed by atoms with Gasteiger partial charge in [-0.1, -0.05) is 30.3 Å². The van der Waals surface area contributed by atoms with Crippen LogP contribution in [0.15, 0.2) is 48.5 Å². The van der Waals surface area contributed by atoms with Crippen LogP contribution in [0.1, 0.15) is 5.56 Å². The van der Waals surface area contributed by atoms with E-state index in [9.17, 15) is 4.79 Å². The summed E-state index contributed by atoms with van der Waals surface area (Å²) >= 11 is 0. The van der Waals surface area contributed by atoms with Crippen LogP contribution in [-0.2, 0) is 4.79 Å². The summed E-state index contributed by atoms with van der Waals surface area (Å²) in [7, 11) is 0. The molecule has 0 aliphatic rings. The number of hydrogen-bond donors (Lipinski definition) is 1. The van der Waals surface area contributed by atoms with Crippen LogP contribution in [0.3, 0.4) is 0 Å². The molecule has 2 aromatic rings. The molecular formula is C15H14O4. The van der Waals surface area contributed by atoms with Gasteiger partial charge in [-0.2, -0.15) is 0 Å². The zero-order valence-corrected chi connectivity index (χ0v) is 10.5. The molecule has 19 heavy (non-hydrogen) atoms. The topological polar surface area (TPSA) is 55.8 Å². The summed E-state index contributed by atoms with van der Waals surface area (Å²) in [4.78, 5) is 10.5. The molecule has 0 saturated heterocycles. The van der Waals surface area contributed by atoms with E-state index in [0.29, 0.717) is 17.2 Å². The van der Waals surface area contributed by atoms with Crippen molar-refractivity contribution in [3.63, 3.8) is 0 Å². The molecule has 0 atom stereocenters. The summed E-state index contributed by atoms with van der Waals surface area (Å²) in [6.45, 7) is 1.55. The van der Waals surface area contributed by atoms with E-state index < -0.39 is 12.6 Å². The number of carboxylic acids is 1. The molecule has 0 heterocycles. The summed E-state index contributed by atoms with van der Waals surface area (Å²) in [6.07, 6.45) is 0. The lowest BCUT2D eigenvalue weighted by Gasteiger charge is -2.12. The molecule has 0 saturated carbocycles. The van der Waals surface area contributed by atoms with Gasteiger partial charge in [0, 0.05) is 0 Å². The second-order valence-electron chi connectivity index (χ2n) is 4.00. The third kappa shape index (κ3) is 3.48. The molecule has 0 spiro atoms. The normalized spacial score (nSPS) is 9.95. The van der Waals surface area contributed by atoms with Gasteiger partial charge in [-0.25, -0.2) is 4.79 Å². The van der Waals surface area contributed by atoms with Crippen LogP contribution in [0, 0.1) is 6.92 Å². The fourth-order valence-electron chi connectivity index (χ4n) is 1.58. The smallest absolute Gasteiger partial charge is 0.341 e. The molecule has 0 fully saturated rings. The summed E-state index contributed by atoms with van der Waals surface area (Å²) < 4.78 is 10.9. The van der Waals surface area contributed by atoms with Crippen LogP contribution in [0.2, 0.25) is 0 Å². The Morgan fingerprint density at radius 2 is 1.58 bits per heavy atom. The van der Waals surface area contributed by atoms with Crippen LogP contribution in [-0.4, -0.2) is 17.7 Å². The molecule has 2 aromatic carbocycles. The molecular weight excluding hydrogens is 244 g/mol. The standard InChI is InChI=1S/C15H14O4/c1-11-6-2-3-7-12(11)19-14-9-5-4-8-13(14)18-10-15(16)17/h2-9H,10H2,1H3,(H,16,17). The van der Waals surface area contributed by atoms with E-state index in [1.165, 1.54) is 0 Å². The Labute approximate surface area is 111 Å². The van der Waals surface area contributed by atoms with Crippen molar-refractivity contribution in [3.05, 3.63) is 54.1 Å². The van der Waals surface area contributed by atoms with Crippen molar-refractivity contribution in [2.45, 2.75) is 6.92 Å². The summed E-state index contributed by atoms with van der Waals surface area (Å²) in [5.74, 6) is 0.603. The van der Waals surface area contributed by atoms with Gasteiger partial charge in [0.25, 0.3) is 0 Å². The molecule has 0 radical (unpaired) electrons. The number of carbonyl (C=O) groups is 1. The van der Waals surface area contributed by atoms with Gasteiger partial charge in [0.1, 0.15) is 5.75 Å². The van der Waals surface area contributed by atoms with Crippen LogP contribution in [0.25, 0.3) is 0 Å². The van der Waals surface area contributed by atoms with Crippen molar-refractivity contribution in [3.8, 4) is 17.2 Å². The van der Waals surface area contributed by atoms with Crippen molar-refractivity contribution in [1.29, 1.82) is 0 Å². The molecule has 1 N–H and O–H groups in total. The maximum atomic E-state index is 10.5. The zero-order chi connectivity index (χ0) is 13.7. The molecule has 0 aromatic heterocycles. The quantitative estimate of drug-likeness (QED) is 0.894. The van der Waals surface area contributed by atoms with E-state index in [1.54, 1.807) is 24.3 Å². The Kier molecular flexibility index (Phi) is 4.03. The predicted molar refractivity (Wildman–Crippen MR) is 70.8 cm³/mol. The van der Waals surface area contributed by atoms with Crippen LogP contribution >= 0.6 is 0 Å². The molecule has 0 unspecified atom stereocenters. The fourth-order valence-corrected chi connectivity index (χ4v) is 1.58. The maximum Gasteiger partial charge on any atom is 0.341 e. The van der Waals surface area contributed by atoms with Crippen molar-refractivity contribution in [1.82, 2.24) is 0 Å². The van der Waals surface area contributed by atoms with Crippen LogP contribution in [0.5, 0.6) is 17.2 Å². The number of para-hydroxylation sites is 3. The SMILES string of the molecule is Cc1ccccc1Oc1ccccc1OCC(=O)O. The number of carboxylic acid groups (broad SMARTS) is 1. The van der Waals surface area contributed by atoms with Gasteiger partial charge < -0.3 is 14.6 Å². The fraction of sp³-hybridized carbons (Fsp3) is 0.133. The lowest BCUT2D eigenvalue weighted by atomic mass is 10.2. The third-order valence-electron chi connectivity index (χ3n) is 2.51. The Balaban J connectivity index is 2.20. The monoisotopic (exact) mass is 258 g/mol. The molecule has 98 valence electrons. The van der Waals surface area contributed by atoms with E-state index in [0.717, 1.165) is 5.56 Å². The first-order valence-electron chi connectivity index (χ1n) is 5.84. The highest BCUT2D eigenvalue weighted by Crippen LogP contribution is 2.32. The van der Waals surface area contributed by atoms with Crippen molar-refractivity contribution in [2.75, 3.05) is 6.61 Å². The third-order valence-corrected chi connectivity index (χ3v) is 2.51. The van der Waals surface area contributed by atoms with E-state index in [-0.39, 0.29) is 0 Å². The highest BCUT2D eigenvalue weighted by Gasteiger charge is 2.08. The highest BCUT2D eigenvalue weighted by atomic mass is 16.5. The first-order chi connectivity index (χ1) is 9.16. The summed E-state index contributed by atoms with van der Waals surface area (Å²) in [5, 5.41) is 8.63. The summed E-state index contributed by atoms with van der Waals surface area (Å²) in [5.41, 5.74) is 0.996. The first-order valence-corrected chi connectivity index (χ1v) is 5.84. The highest BCUT2D eigenvalue weighted by molar-refractivity contribution is 5.68. The van der Waals surface area contributed by atoms with Crippen molar-refractivity contribution >= 4 is 5.97 Å². The van der Waals surface area contributed by atoms with E-state index >= 15 is 0 Å². The largest absolute Gasteiger partial charge is 0.479 e. The van der Waals surface area contributed by atoms with Crippen LogP contribution in [0.4, 0.5) is 0 Å². The van der Waals surface area contributed by atoms with Gasteiger partial charge in [0.2, 0.25) is 0 Å². The van der Waals surface area contributed by atoms with Gasteiger partial charge in [0.05, 0.1) is 0 Å². The molecule has 4 heteroatoms. The van der Waals surface area contributed by atoms with E-state index in [4.69, 9.17) is 14.6 Å². The van der Waals surface area contributed by atoms with E-state index in [2.05, 4.69) is 0 Å². The van der Waals surface area contributed by atoms with Gasteiger partial charge in [0.15, 0.2) is 18.1 Å². The maximum absolute atomic E-state index is 10.5. The number of aliphatic carboxylic acids is 1. The number of hydrogen-bond acceptors (Lipinski definition) is 3. The average molecular weight is 258 g/mol. The Bertz CT molecular complexity index is 578. The van der Waals surface area contributed by atoms with Gasteiger partial charge >= 0.3 is 5.97 Å². The molecule has 2 rings (SSSR count). The predicted octanol–water partition coefficient (Wildman–Crippen LogP) is 3.25. The number of benzene rings is 2. The van der Waals surface area contributed by atoms with Gasteiger partial charge in [-0.15, -0.1) is 0 Å². The minimum absolute atomic E-state index is 0.395. The van der Waals surface area contributed by atoms with Gasteiger partial charge in [-0.05, 0) is 30.7 Å². The summed E-state index contributed by atoms with van der Waals surface area (Å²) in [6, 6.07) is 14.6. The zero-order valence-electron chi connectivity index (χ0n) is 10.5. The molecule has 0 bridgehead atoms. The number of rotatable bonds is 5. The van der Waals surface area contributed by atoms with Crippen molar-refractivity contribution in [2.24, 2.45) is 0 Å². The Morgan fingerprint density at radius 1 is 1.00 bits per heavy atom. The van der Waals surface area contributed by atoms with E-state index in [1.807, 2.05) is 31.2 Å². The lowest BCUT2D eigenvalue weighted by molar-refractivity contribution is -0.139. The number of aryl methyl sites for hydroxylation is 1. The molecule has 4 nitrogen and oxygen atoms in total. The first kappa shape index (κ1) is 13.0. The molecule has 0 aliphatic heterocycles. The van der Waals surface area contributed by atoms with Crippen molar-refractivity contribution < 1.29 is 19.4 Å². The minimum atomic E-state index is -1.02. The van der Waals surface area contributed by atoms with Gasteiger partial charge in [-0.3, -0.25) is 0 Å². The second-order valence-corrected chi connectivity index (χ2v) is 4.00. The second kappa shape index (κ2) is 5.91. The molecule has 0 aliphatic carbocycles. The Morgan fingerprint density at radius 3 is 2.21 bits per heavy atom. The molecule has 0 amide bonds. The number of ether oxygens (including phenoxy) is 2. The minimum Gasteiger partial charge on any atom is -0.479 e. The lowest BCUT2D eigenvalue weighted by Crippen LogP contribution is -2.09. The Hall–Kier alpha value is -2.49. The van der Waals surface area contributed by atoms with Crippen LogP contribution < -0.4 is 9.47 Å².